The zero-order chi connectivity index (χ0) is 19.2. The van der Waals surface area contributed by atoms with E-state index in [1.807, 2.05) is 24.3 Å². The second kappa shape index (κ2) is 8.88. The number of methoxy groups -OCH3 is 1. The fourth-order valence-corrected chi connectivity index (χ4v) is 3.46. The Labute approximate surface area is 152 Å². The van der Waals surface area contributed by atoms with Gasteiger partial charge in [-0.3, -0.25) is 4.79 Å². The zero-order valence-corrected chi connectivity index (χ0v) is 15.4. The van der Waals surface area contributed by atoms with E-state index in [1.54, 1.807) is 14.0 Å². The number of amides is 1. The van der Waals surface area contributed by atoms with E-state index >= 15 is 0 Å². The van der Waals surface area contributed by atoms with Crippen LogP contribution in [0.5, 0.6) is 0 Å². The van der Waals surface area contributed by atoms with Crippen molar-refractivity contribution in [2.24, 2.45) is 0 Å². The summed E-state index contributed by atoms with van der Waals surface area (Å²) in [6.07, 6.45) is 0. The molecule has 140 valence electrons. The lowest BCUT2D eigenvalue weighted by atomic mass is 10.1. The molecule has 0 saturated carbocycles. The van der Waals surface area contributed by atoms with Crippen LogP contribution in [0.2, 0.25) is 0 Å². The molecule has 2 aromatic rings. The summed E-state index contributed by atoms with van der Waals surface area (Å²) in [6.45, 7) is 2.45. The number of hydrogen-bond acceptors (Lipinski definition) is 4. The smallest absolute Gasteiger partial charge is 0.254 e. The lowest BCUT2D eigenvalue weighted by molar-refractivity contribution is 0.0946. The van der Waals surface area contributed by atoms with E-state index in [0.29, 0.717) is 6.61 Å². The Morgan fingerprint density at radius 2 is 1.88 bits per heavy atom. The van der Waals surface area contributed by atoms with E-state index in [-0.39, 0.29) is 23.5 Å². The molecule has 0 fully saturated rings. The first-order valence-electron chi connectivity index (χ1n) is 8.01. The number of sulfonamides is 1. The Balaban J connectivity index is 2.15. The van der Waals surface area contributed by atoms with Gasteiger partial charge in [0, 0.05) is 20.2 Å². The molecule has 0 aliphatic carbocycles. The van der Waals surface area contributed by atoms with Crippen molar-refractivity contribution < 1.29 is 22.3 Å². The highest BCUT2D eigenvalue weighted by Crippen LogP contribution is 2.15. The Morgan fingerprint density at radius 3 is 2.58 bits per heavy atom. The summed E-state index contributed by atoms with van der Waals surface area (Å²) >= 11 is 0. The highest BCUT2D eigenvalue weighted by atomic mass is 32.2. The van der Waals surface area contributed by atoms with Crippen LogP contribution in [-0.2, 0) is 27.9 Å². The Bertz CT molecular complexity index is 885. The number of carbonyl (C=O) groups is 1. The van der Waals surface area contributed by atoms with Crippen molar-refractivity contribution in [2.75, 3.05) is 13.7 Å². The molecule has 2 aromatic carbocycles. The summed E-state index contributed by atoms with van der Waals surface area (Å²) in [5.74, 6) is -1.47. The Morgan fingerprint density at radius 1 is 1.15 bits per heavy atom. The summed E-state index contributed by atoms with van der Waals surface area (Å²) in [4.78, 5) is 12.1. The summed E-state index contributed by atoms with van der Waals surface area (Å²) in [6, 6.07) is 10.5. The molecule has 0 aliphatic heterocycles. The van der Waals surface area contributed by atoms with Crippen molar-refractivity contribution in [2.45, 2.75) is 25.0 Å². The molecule has 0 spiro atoms. The van der Waals surface area contributed by atoms with E-state index in [9.17, 15) is 17.6 Å². The molecule has 26 heavy (non-hydrogen) atoms. The highest BCUT2D eigenvalue weighted by molar-refractivity contribution is 7.89. The molecule has 0 aliphatic rings. The van der Waals surface area contributed by atoms with Gasteiger partial charge in [0.15, 0.2) is 0 Å². The average Bonchev–Trinajstić information content (AvgIpc) is 2.60. The molecule has 1 amide bonds. The number of benzene rings is 2. The van der Waals surface area contributed by atoms with Gasteiger partial charge in [-0.05, 0) is 29.3 Å². The second-order valence-electron chi connectivity index (χ2n) is 5.58. The van der Waals surface area contributed by atoms with Gasteiger partial charge in [-0.1, -0.05) is 31.2 Å². The Kier molecular flexibility index (Phi) is 6.84. The van der Waals surface area contributed by atoms with Gasteiger partial charge in [-0.15, -0.1) is 0 Å². The van der Waals surface area contributed by atoms with Crippen LogP contribution in [-0.4, -0.2) is 28.0 Å². The van der Waals surface area contributed by atoms with Crippen LogP contribution in [0.4, 0.5) is 4.39 Å². The molecule has 0 atom stereocenters. The van der Waals surface area contributed by atoms with Crippen LogP contribution in [0.25, 0.3) is 0 Å². The number of halogens is 1. The third-order valence-corrected chi connectivity index (χ3v) is 5.13. The average molecular weight is 380 g/mol. The third-order valence-electron chi connectivity index (χ3n) is 3.58. The monoisotopic (exact) mass is 380 g/mol. The number of rotatable bonds is 8. The van der Waals surface area contributed by atoms with Crippen molar-refractivity contribution >= 4 is 15.9 Å². The van der Waals surface area contributed by atoms with Gasteiger partial charge in [-0.25, -0.2) is 17.5 Å². The molecular formula is C18H21FN2O4S. The van der Waals surface area contributed by atoms with Crippen LogP contribution in [0.15, 0.2) is 47.4 Å². The van der Waals surface area contributed by atoms with Crippen molar-refractivity contribution in [3.05, 3.63) is 65.0 Å². The van der Waals surface area contributed by atoms with E-state index in [2.05, 4.69) is 10.0 Å². The summed E-state index contributed by atoms with van der Waals surface area (Å²) in [5.41, 5.74) is 1.45. The third kappa shape index (κ3) is 5.10. The normalized spacial score (nSPS) is 11.3. The lowest BCUT2D eigenvalue weighted by Crippen LogP contribution is -2.26. The van der Waals surface area contributed by atoms with Gasteiger partial charge >= 0.3 is 0 Å². The van der Waals surface area contributed by atoms with Crippen molar-refractivity contribution in [1.29, 1.82) is 0 Å². The fraction of sp³-hybridized carbons (Fsp3) is 0.278. The van der Waals surface area contributed by atoms with Gasteiger partial charge in [0.05, 0.1) is 17.1 Å². The molecule has 0 radical (unpaired) electrons. The second-order valence-corrected chi connectivity index (χ2v) is 7.35. The largest absolute Gasteiger partial charge is 0.380 e. The fourth-order valence-electron chi connectivity index (χ4n) is 2.39. The van der Waals surface area contributed by atoms with Crippen LogP contribution in [0.3, 0.4) is 0 Å². The van der Waals surface area contributed by atoms with E-state index in [1.165, 1.54) is 0 Å². The summed E-state index contributed by atoms with van der Waals surface area (Å²) in [7, 11) is -2.18. The van der Waals surface area contributed by atoms with Crippen molar-refractivity contribution in [1.82, 2.24) is 10.0 Å². The van der Waals surface area contributed by atoms with Crippen LogP contribution in [0, 0.1) is 5.82 Å². The van der Waals surface area contributed by atoms with E-state index < -0.39 is 21.7 Å². The number of hydrogen-bond donors (Lipinski definition) is 2. The molecule has 2 N–H and O–H groups in total. The van der Waals surface area contributed by atoms with Crippen molar-refractivity contribution in [3.8, 4) is 0 Å². The zero-order valence-electron chi connectivity index (χ0n) is 14.6. The molecular weight excluding hydrogens is 359 g/mol. The van der Waals surface area contributed by atoms with E-state index in [4.69, 9.17) is 4.74 Å². The van der Waals surface area contributed by atoms with Crippen LogP contribution < -0.4 is 10.0 Å². The topological polar surface area (TPSA) is 84.5 Å². The van der Waals surface area contributed by atoms with Crippen molar-refractivity contribution in [3.63, 3.8) is 0 Å². The van der Waals surface area contributed by atoms with Gasteiger partial charge in [0.1, 0.15) is 5.82 Å². The predicted octanol–water partition coefficient (Wildman–Crippen LogP) is 2.20. The Hall–Kier alpha value is -2.29. The first-order chi connectivity index (χ1) is 12.4. The first kappa shape index (κ1) is 20.0. The molecule has 2 rings (SSSR count). The van der Waals surface area contributed by atoms with Gasteiger partial charge in [0.25, 0.3) is 5.91 Å². The molecule has 0 aromatic heterocycles. The minimum atomic E-state index is -3.77. The van der Waals surface area contributed by atoms with Crippen LogP contribution >= 0.6 is 0 Å². The minimum absolute atomic E-state index is 0.159. The maximum Gasteiger partial charge on any atom is 0.254 e. The summed E-state index contributed by atoms with van der Waals surface area (Å²) < 4.78 is 45.4. The highest BCUT2D eigenvalue weighted by Gasteiger charge is 2.18. The van der Waals surface area contributed by atoms with Gasteiger partial charge in [0.2, 0.25) is 10.0 Å². The standard InChI is InChI=1S/C18H21FN2O4S/c1-3-21-26(23,24)15-7-8-17(19)16(10-15)18(22)20-11-13-5-4-6-14(9-13)12-25-2/h4-10,21H,3,11-12H2,1-2H3,(H,20,22). The number of nitrogens with one attached hydrogen (secondary N) is 2. The van der Waals surface area contributed by atoms with E-state index in [0.717, 1.165) is 29.3 Å². The molecule has 6 nitrogen and oxygen atoms in total. The SMILES string of the molecule is CCNS(=O)(=O)c1ccc(F)c(C(=O)NCc2cccc(COC)c2)c1. The minimum Gasteiger partial charge on any atom is -0.380 e. The molecule has 8 heteroatoms. The van der Waals surface area contributed by atoms with Crippen LogP contribution in [0.1, 0.15) is 28.4 Å². The predicted molar refractivity (Wildman–Crippen MR) is 95.6 cm³/mol. The maximum atomic E-state index is 14.0. The molecule has 0 unspecified atom stereocenters. The summed E-state index contributed by atoms with van der Waals surface area (Å²) in [5, 5.41) is 2.60. The maximum absolute atomic E-state index is 14.0. The number of carbonyl (C=O) groups excluding carboxylic acids is 1. The quantitative estimate of drug-likeness (QED) is 0.735. The first-order valence-corrected chi connectivity index (χ1v) is 9.50. The van der Waals surface area contributed by atoms with Gasteiger partial charge < -0.3 is 10.1 Å². The molecule has 0 bridgehead atoms. The lowest BCUT2D eigenvalue weighted by Gasteiger charge is -2.10. The molecule has 0 heterocycles. The molecule has 0 saturated heterocycles. The number of ether oxygens (including phenoxy) is 1. The van der Waals surface area contributed by atoms with Gasteiger partial charge in [-0.2, -0.15) is 0 Å².